The number of anilines is 3. The van der Waals surface area contributed by atoms with Crippen LogP contribution in [0.5, 0.6) is 0 Å². The molecule has 0 aliphatic carbocycles. The summed E-state index contributed by atoms with van der Waals surface area (Å²) in [7, 11) is 0. The summed E-state index contributed by atoms with van der Waals surface area (Å²) < 4.78 is 41.5. The molecule has 2 saturated heterocycles. The average Bonchev–Trinajstić information content (AvgIpc) is 3.74. The van der Waals surface area contributed by atoms with Crippen molar-refractivity contribution in [2.75, 3.05) is 56.1 Å². The quantitative estimate of drug-likeness (QED) is 0.167. The van der Waals surface area contributed by atoms with Gasteiger partial charge in [0, 0.05) is 61.7 Å². The fraction of sp³-hybridized carbons (Fsp3) is 0.355. The third-order valence-corrected chi connectivity index (χ3v) is 8.91. The van der Waals surface area contributed by atoms with Crippen molar-refractivity contribution < 1.29 is 27.6 Å². The predicted molar refractivity (Wildman–Crippen MR) is 175 cm³/mol. The van der Waals surface area contributed by atoms with Gasteiger partial charge in [0.15, 0.2) is 5.82 Å². The summed E-state index contributed by atoms with van der Waals surface area (Å²) in [6, 6.07) is 5.75. The molecule has 1 aromatic carbocycles. The summed E-state index contributed by atoms with van der Waals surface area (Å²) in [4.78, 5) is 53.4. The molecule has 3 aromatic heterocycles. The minimum atomic E-state index is -4.76. The zero-order chi connectivity index (χ0) is 34.9. The molecule has 2 aliphatic heterocycles. The SMILES string of the molecule is Nc1cnc(-c2n[nH]c(C(F)(F)F)c2Cc2cnc(C(=O)Nc3ccc(C(=O)N4CCN(C(=O)C5CCNCC5)CC4)c(Cl)c3)[nH]2)cc1N. The van der Waals surface area contributed by atoms with Crippen molar-refractivity contribution in [3.8, 4) is 11.4 Å². The Hall–Kier alpha value is -5.16. The van der Waals surface area contributed by atoms with Crippen LogP contribution >= 0.6 is 11.6 Å². The monoisotopic (exact) mass is 699 g/mol. The number of carbonyl (C=O) groups excluding carboxylic acids is 3. The fourth-order valence-corrected chi connectivity index (χ4v) is 6.19. The van der Waals surface area contributed by atoms with Gasteiger partial charge in [-0.1, -0.05) is 11.6 Å². The van der Waals surface area contributed by atoms with Crippen molar-refractivity contribution >= 4 is 46.4 Å². The largest absolute Gasteiger partial charge is 0.433 e. The Morgan fingerprint density at radius 2 is 1.69 bits per heavy atom. The molecule has 0 unspecified atom stereocenters. The van der Waals surface area contributed by atoms with Crippen LogP contribution in [0.15, 0.2) is 36.7 Å². The molecule has 0 saturated carbocycles. The van der Waals surface area contributed by atoms with Crippen LogP contribution in [0.1, 0.15) is 50.8 Å². The lowest BCUT2D eigenvalue weighted by Gasteiger charge is -2.37. The van der Waals surface area contributed by atoms with Crippen molar-refractivity contribution in [1.82, 2.24) is 40.3 Å². The number of pyridine rings is 1. The summed E-state index contributed by atoms with van der Waals surface area (Å²) in [6.45, 7) is 3.29. The number of nitrogens with two attached hydrogens (primary N) is 2. The molecule has 14 nitrogen and oxygen atoms in total. The third kappa shape index (κ3) is 7.31. The molecule has 0 bridgehead atoms. The molecule has 18 heteroatoms. The van der Waals surface area contributed by atoms with Crippen LogP contribution in [0.25, 0.3) is 11.4 Å². The number of amides is 3. The first kappa shape index (κ1) is 33.7. The van der Waals surface area contributed by atoms with Crippen LogP contribution in [0.2, 0.25) is 5.02 Å². The lowest BCUT2D eigenvalue weighted by atomic mass is 9.96. The molecule has 0 atom stereocenters. The zero-order valence-corrected chi connectivity index (χ0v) is 26.8. The Labute approximate surface area is 282 Å². The number of piperidine rings is 1. The van der Waals surface area contributed by atoms with E-state index in [2.05, 4.69) is 30.7 Å². The molecule has 2 fully saturated rings. The number of carbonyl (C=O) groups is 3. The van der Waals surface area contributed by atoms with Gasteiger partial charge in [-0.3, -0.25) is 24.5 Å². The Bertz CT molecular complexity index is 1880. The Kier molecular flexibility index (Phi) is 9.47. The van der Waals surface area contributed by atoms with Crippen molar-refractivity contribution in [3.05, 3.63) is 70.0 Å². The Morgan fingerprint density at radius 1 is 0.980 bits per heavy atom. The van der Waals surface area contributed by atoms with E-state index in [1.54, 1.807) is 4.90 Å². The number of alkyl halides is 3. The maximum Gasteiger partial charge on any atom is 0.433 e. The molecule has 0 spiro atoms. The van der Waals surface area contributed by atoms with E-state index in [-0.39, 0.29) is 80.3 Å². The molecule has 4 aromatic rings. The number of nitrogens with one attached hydrogen (secondary N) is 4. The Morgan fingerprint density at radius 3 is 2.37 bits per heavy atom. The highest BCUT2D eigenvalue weighted by Crippen LogP contribution is 2.36. The van der Waals surface area contributed by atoms with Gasteiger partial charge in [-0.15, -0.1) is 0 Å². The molecule has 2 aliphatic rings. The molecule has 258 valence electrons. The second kappa shape index (κ2) is 13.8. The molecule has 8 N–H and O–H groups in total. The van der Waals surface area contributed by atoms with Crippen LogP contribution in [0, 0.1) is 5.92 Å². The normalized spacial score (nSPS) is 15.8. The molecular formula is C31H33ClF3N11O3. The summed E-state index contributed by atoms with van der Waals surface area (Å²) in [5.41, 5.74) is 11.2. The van der Waals surface area contributed by atoms with E-state index in [0.717, 1.165) is 25.9 Å². The molecule has 6 rings (SSSR count). The van der Waals surface area contributed by atoms with E-state index in [1.165, 1.54) is 36.7 Å². The number of nitrogens with zero attached hydrogens (tertiary/aromatic N) is 5. The number of hydrogen-bond acceptors (Lipinski definition) is 9. The van der Waals surface area contributed by atoms with Gasteiger partial charge in [-0.25, -0.2) is 4.98 Å². The maximum atomic E-state index is 13.8. The number of imidazole rings is 1. The number of halogens is 4. The van der Waals surface area contributed by atoms with Crippen LogP contribution in [-0.2, 0) is 17.4 Å². The van der Waals surface area contributed by atoms with Gasteiger partial charge < -0.3 is 36.9 Å². The smallest absolute Gasteiger partial charge is 0.397 e. The van der Waals surface area contributed by atoms with Gasteiger partial charge in [0.2, 0.25) is 5.91 Å². The van der Waals surface area contributed by atoms with E-state index in [1.807, 2.05) is 10.00 Å². The van der Waals surface area contributed by atoms with Crippen molar-refractivity contribution in [2.24, 2.45) is 5.92 Å². The molecule has 5 heterocycles. The summed E-state index contributed by atoms with van der Waals surface area (Å²) in [5, 5.41) is 11.9. The number of benzene rings is 1. The minimum absolute atomic E-state index is 0.0122. The number of piperazine rings is 1. The number of H-pyrrole nitrogens is 2. The molecule has 49 heavy (non-hydrogen) atoms. The van der Waals surface area contributed by atoms with E-state index in [0.29, 0.717) is 26.2 Å². The van der Waals surface area contributed by atoms with E-state index < -0.39 is 17.8 Å². The summed E-state index contributed by atoms with van der Waals surface area (Å²) in [5.74, 6) is -1.00. The van der Waals surface area contributed by atoms with Crippen molar-refractivity contribution in [1.29, 1.82) is 0 Å². The molecular weight excluding hydrogens is 667 g/mol. The number of rotatable bonds is 7. The highest BCUT2D eigenvalue weighted by atomic mass is 35.5. The number of aromatic amines is 2. The average molecular weight is 700 g/mol. The highest BCUT2D eigenvalue weighted by Gasteiger charge is 2.38. The first-order chi connectivity index (χ1) is 23.4. The third-order valence-electron chi connectivity index (χ3n) is 8.60. The van der Waals surface area contributed by atoms with Gasteiger partial charge in [-0.05, 0) is 50.2 Å². The van der Waals surface area contributed by atoms with Gasteiger partial charge in [0.05, 0.1) is 33.9 Å². The first-order valence-electron chi connectivity index (χ1n) is 15.5. The summed E-state index contributed by atoms with van der Waals surface area (Å²) >= 11 is 6.46. The number of aromatic nitrogens is 5. The maximum absolute atomic E-state index is 13.8. The van der Waals surface area contributed by atoms with Crippen LogP contribution in [-0.4, -0.2) is 91.9 Å². The molecule has 3 amide bonds. The van der Waals surface area contributed by atoms with E-state index in [4.69, 9.17) is 23.1 Å². The van der Waals surface area contributed by atoms with Gasteiger partial charge in [-0.2, -0.15) is 18.3 Å². The highest BCUT2D eigenvalue weighted by molar-refractivity contribution is 6.34. The lowest BCUT2D eigenvalue weighted by molar-refractivity contribution is -0.141. The second-order valence-electron chi connectivity index (χ2n) is 11.8. The van der Waals surface area contributed by atoms with Crippen LogP contribution in [0.3, 0.4) is 0 Å². The van der Waals surface area contributed by atoms with Gasteiger partial charge in [0.25, 0.3) is 11.8 Å². The lowest BCUT2D eigenvalue weighted by Crippen LogP contribution is -2.52. The van der Waals surface area contributed by atoms with Gasteiger partial charge in [0.1, 0.15) is 11.4 Å². The predicted octanol–water partition coefficient (Wildman–Crippen LogP) is 3.16. The van der Waals surface area contributed by atoms with Crippen molar-refractivity contribution in [2.45, 2.75) is 25.4 Å². The van der Waals surface area contributed by atoms with E-state index >= 15 is 0 Å². The zero-order valence-electron chi connectivity index (χ0n) is 26.0. The summed E-state index contributed by atoms with van der Waals surface area (Å²) in [6.07, 6.45) is -0.989. The first-order valence-corrected chi connectivity index (χ1v) is 15.9. The number of nitrogen functional groups attached to an aromatic ring is 2. The standard InChI is InChI=1S/C31H33ClF3N11O3/c32-21-12-17(1-2-19(21)30(49)46-9-7-45(8-10-46)29(48)16-3-5-38-6-4-16)42-28(47)27-40-14-18(41-27)11-20-25(43-44-26(20)31(33,34)35)24-13-22(36)23(37)15-39-24/h1-2,12-16,38H,3-11,37H2,(H2,36,39)(H,40,41)(H,42,47)(H,43,44). The Balaban J connectivity index is 1.09. The molecule has 0 radical (unpaired) electrons. The second-order valence-corrected chi connectivity index (χ2v) is 12.3. The fourth-order valence-electron chi connectivity index (χ4n) is 5.93. The van der Waals surface area contributed by atoms with Crippen LogP contribution < -0.4 is 22.1 Å². The van der Waals surface area contributed by atoms with E-state index in [9.17, 15) is 27.6 Å². The topological polar surface area (TPSA) is 204 Å². The van der Waals surface area contributed by atoms with Crippen molar-refractivity contribution in [3.63, 3.8) is 0 Å². The van der Waals surface area contributed by atoms with Gasteiger partial charge >= 0.3 is 6.18 Å². The minimum Gasteiger partial charge on any atom is -0.397 e. The number of hydrogen-bond donors (Lipinski definition) is 6. The van der Waals surface area contributed by atoms with Crippen LogP contribution in [0.4, 0.5) is 30.2 Å².